The highest BCUT2D eigenvalue weighted by Crippen LogP contribution is 2.33. The molecule has 0 saturated heterocycles. The molecule has 1 aromatic rings. The number of thioether (sulfide) groups is 1. The monoisotopic (exact) mass is 564 g/mol. The summed E-state index contributed by atoms with van der Waals surface area (Å²) in [4.78, 5) is 5.72. The summed E-state index contributed by atoms with van der Waals surface area (Å²) in [6, 6.07) is 8.16. The predicted molar refractivity (Wildman–Crippen MR) is 121 cm³/mol. The maximum Gasteiger partial charge on any atom is 0.210 e. The minimum atomic E-state index is -3.48. The number of hydrogen-bond donors (Lipinski definition) is 3. The number of hydrogen-bond acceptors (Lipinski definition) is 4. The summed E-state index contributed by atoms with van der Waals surface area (Å²) in [5.74, 6) is 0.458. The standard InChI is InChI=1S/C15H25BrN4O2S2.HI/c1-4-18-14(19-9-10-24(17,21)22)20-11-15(2,3)23-13-7-5-12(16)6-8-13;/h5-8H,4,9-11H2,1-3H3,(H2,17,21,22)(H2,18,19,20);1H. The SMILES string of the molecule is CCNC(=NCC(C)(C)Sc1ccc(Br)cc1)NCCS(N)(=O)=O.I. The summed E-state index contributed by atoms with van der Waals surface area (Å²) in [6.07, 6.45) is 0. The van der Waals surface area contributed by atoms with E-state index in [-0.39, 0.29) is 41.0 Å². The van der Waals surface area contributed by atoms with Crippen molar-refractivity contribution in [1.29, 1.82) is 0 Å². The zero-order valence-corrected chi connectivity index (χ0v) is 20.1. The van der Waals surface area contributed by atoms with Crippen LogP contribution in [0.2, 0.25) is 0 Å². The van der Waals surface area contributed by atoms with Crippen LogP contribution in [0.5, 0.6) is 0 Å². The van der Waals surface area contributed by atoms with Crippen LogP contribution >= 0.6 is 51.7 Å². The number of rotatable bonds is 8. The number of benzene rings is 1. The Morgan fingerprint density at radius 3 is 2.40 bits per heavy atom. The fourth-order valence-electron chi connectivity index (χ4n) is 1.78. The molecule has 0 aromatic heterocycles. The van der Waals surface area contributed by atoms with Crippen LogP contribution in [0.3, 0.4) is 0 Å². The summed E-state index contributed by atoms with van der Waals surface area (Å²) < 4.78 is 22.9. The lowest BCUT2D eigenvalue weighted by molar-refractivity contribution is 0.596. The first-order valence-corrected chi connectivity index (χ1v) is 10.9. The second kappa shape index (κ2) is 11.6. The van der Waals surface area contributed by atoms with Crippen LogP contribution in [-0.4, -0.2) is 44.5 Å². The van der Waals surface area contributed by atoms with Gasteiger partial charge in [-0.1, -0.05) is 15.9 Å². The van der Waals surface area contributed by atoms with Crippen LogP contribution in [0.1, 0.15) is 20.8 Å². The summed E-state index contributed by atoms with van der Waals surface area (Å²) in [5.41, 5.74) is 0. The van der Waals surface area contributed by atoms with Gasteiger partial charge >= 0.3 is 0 Å². The molecule has 0 radical (unpaired) electrons. The van der Waals surface area contributed by atoms with Crippen molar-refractivity contribution in [2.24, 2.45) is 10.1 Å². The highest BCUT2D eigenvalue weighted by Gasteiger charge is 2.19. The molecule has 0 heterocycles. The van der Waals surface area contributed by atoms with Gasteiger partial charge in [-0.15, -0.1) is 35.7 Å². The largest absolute Gasteiger partial charge is 0.357 e. The van der Waals surface area contributed by atoms with Crippen molar-refractivity contribution >= 4 is 67.7 Å². The summed E-state index contributed by atoms with van der Waals surface area (Å²) in [6.45, 7) is 7.71. The molecule has 4 N–H and O–H groups in total. The Kier molecular flexibility index (Phi) is 11.6. The highest BCUT2D eigenvalue weighted by atomic mass is 127. The van der Waals surface area contributed by atoms with Gasteiger partial charge in [-0.05, 0) is 45.0 Å². The van der Waals surface area contributed by atoms with E-state index in [1.54, 1.807) is 11.8 Å². The molecule has 6 nitrogen and oxygen atoms in total. The summed E-state index contributed by atoms with van der Waals surface area (Å²) in [5, 5.41) is 11.1. The van der Waals surface area contributed by atoms with Gasteiger partial charge < -0.3 is 10.6 Å². The van der Waals surface area contributed by atoms with Crippen LogP contribution in [0.15, 0.2) is 38.6 Å². The third kappa shape index (κ3) is 12.1. The fourth-order valence-corrected chi connectivity index (χ4v) is 3.47. The first-order chi connectivity index (χ1) is 11.1. The third-order valence-electron chi connectivity index (χ3n) is 2.85. The van der Waals surface area contributed by atoms with E-state index in [0.717, 1.165) is 4.47 Å². The summed E-state index contributed by atoms with van der Waals surface area (Å²) in [7, 11) is -3.48. The molecule has 0 bridgehead atoms. The Labute approximate surface area is 180 Å². The quantitative estimate of drug-likeness (QED) is 0.195. The van der Waals surface area contributed by atoms with E-state index in [1.165, 1.54) is 4.90 Å². The molecular weight excluding hydrogens is 539 g/mol. The lowest BCUT2D eigenvalue weighted by Gasteiger charge is -2.22. The lowest BCUT2D eigenvalue weighted by Crippen LogP contribution is -2.41. The van der Waals surface area contributed by atoms with Gasteiger partial charge in [0, 0.05) is 27.2 Å². The normalized spacial score (nSPS) is 12.4. The number of sulfonamides is 1. The van der Waals surface area contributed by atoms with Crippen molar-refractivity contribution in [1.82, 2.24) is 10.6 Å². The van der Waals surface area contributed by atoms with E-state index in [2.05, 4.69) is 57.5 Å². The highest BCUT2D eigenvalue weighted by molar-refractivity contribution is 14.0. The Balaban J connectivity index is 0.00000576. The zero-order chi connectivity index (χ0) is 18.2. The molecule has 10 heteroatoms. The number of halogens is 2. The number of aliphatic imine (C=N–C) groups is 1. The summed E-state index contributed by atoms with van der Waals surface area (Å²) >= 11 is 5.17. The number of nitrogens with two attached hydrogens (primary N) is 1. The van der Waals surface area contributed by atoms with E-state index in [4.69, 9.17) is 5.14 Å². The number of guanidine groups is 1. The van der Waals surface area contributed by atoms with Gasteiger partial charge in [-0.2, -0.15) is 0 Å². The molecule has 25 heavy (non-hydrogen) atoms. The van der Waals surface area contributed by atoms with Crippen molar-refractivity contribution in [2.75, 3.05) is 25.4 Å². The van der Waals surface area contributed by atoms with Crippen molar-refractivity contribution in [2.45, 2.75) is 30.4 Å². The molecule has 1 aromatic carbocycles. The van der Waals surface area contributed by atoms with Crippen LogP contribution < -0.4 is 15.8 Å². The van der Waals surface area contributed by atoms with E-state index in [0.29, 0.717) is 19.0 Å². The van der Waals surface area contributed by atoms with Gasteiger partial charge in [0.05, 0.1) is 12.3 Å². The van der Waals surface area contributed by atoms with Gasteiger partial charge in [0.1, 0.15) is 0 Å². The van der Waals surface area contributed by atoms with Crippen molar-refractivity contribution in [3.8, 4) is 0 Å². The predicted octanol–water partition coefficient (Wildman–Crippen LogP) is 2.78. The van der Waals surface area contributed by atoms with Gasteiger partial charge in [-0.3, -0.25) is 4.99 Å². The van der Waals surface area contributed by atoms with E-state index < -0.39 is 10.0 Å². The second-order valence-corrected chi connectivity index (χ2v) is 10.2. The average molecular weight is 565 g/mol. The Morgan fingerprint density at radius 2 is 1.88 bits per heavy atom. The molecule has 0 aliphatic heterocycles. The first kappa shape index (κ1) is 25.0. The van der Waals surface area contributed by atoms with Crippen LogP contribution in [0, 0.1) is 0 Å². The maximum absolute atomic E-state index is 11.0. The molecular formula is C15H26BrIN4O2S2. The third-order valence-corrected chi connectivity index (χ3v) is 5.34. The van der Waals surface area contributed by atoms with E-state index >= 15 is 0 Å². The van der Waals surface area contributed by atoms with E-state index in [1.807, 2.05) is 19.1 Å². The molecule has 0 aliphatic carbocycles. The Morgan fingerprint density at radius 1 is 1.28 bits per heavy atom. The molecule has 0 saturated carbocycles. The molecule has 0 aliphatic rings. The van der Waals surface area contributed by atoms with Crippen LogP contribution in [-0.2, 0) is 10.0 Å². The molecule has 0 unspecified atom stereocenters. The van der Waals surface area contributed by atoms with Gasteiger partial charge in [0.2, 0.25) is 10.0 Å². The molecule has 0 fully saturated rings. The molecule has 0 atom stereocenters. The van der Waals surface area contributed by atoms with Crippen molar-refractivity contribution < 1.29 is 8.42 Å². The van der Waals surface area contributed by atoms with E-state index in [9.17, 15) is 8.42 Å². The van der Waals surface area contributed by atoms with Crippen molar-refractivity contribution in [3.05, 3.63) is 28.7 Å². The molecule has 0 amide bonds. The fraction of sp³-hybridized carbons (Fsp3) is 0.533. The van der Waals surface area contributed by atoms with Crippen LogP contribution in [0.25, 0.3) is 0 Å². The zero-order valence-electron chi connectivity index (χ0n) is 14.6. The van der Waals surface area contributed by atoms with Gasteiger partial charge in [0.25, 0.3) is 0 Å². The van der Waals surface area contributed by atoms with Gasteiger partial charge in [0.15, 0.2) is 5.96 Å². The van der Waals surface area contributed by atoms with Gasteiger partial charge in [-0.25, -0.2) is 13.6 Å². The number of nitrogens with one attached hydrogen (secondary N) is 2. The topological polar surface area (TPSA) is 96.6 Å². The molecule has 1 rings (SSSR count). The van der Waals surface area contributed by atoms with Crippen LogP contribution in [0.4, 0.5) is 0 Å². The minimum Gasteiger partial charge on any atom is -0.357 e. The second-order valence-electron chi connectivity index (χ2n) is 5.80. The average Bonchev–Trinajstić information content (AvgIpc) is 2.46. The van der Waals surface area contributed by atoms with Crippen molar-refractivity contribution in [3.63, 3.8) is 0 Å². The lowest BCUT2D eigenvalue weighted by atomic mass is 10.2. The minimum absolute atomic E-state index is 0. The number of nitrogens with zero attached hydrogens (tertiary/aromatic N) is 1. The Hall–Kier alpha value is -0.0400. The molecule has 144 valence electrons. The maximum atomic E-state index is 11.0. The Bertz CT molecular complexity index is 652. The number of primary sulfonamides is 1. The molecule has 0 spiro atoms. The first-order valence-electron chi connectivity index (χ1n) is 7.58. The smallest absolute Gasteiger partial charge is 0.210 e.